The minimum atomic E-state index is -2.25. The molecule has 0 saturated carbocycles. The molecule has 49 nitrogen and oxygen atoms in total. The lowest BCUT2D eigenvalue weighted by atomic mass is 9.99. The van der Waals surface area contributed by atoms with Gasteiger partial charge in [0.2, 0.25) is 118 Å². The number of para-hydroxylation sites is 1. The summed E-state index contributed by atoms with van der Waals surface area (Å²) in [6, 6.07) is -1.00. The maximum absolute atomic E-state index is 13.2. The van der Waals surface area contributed by atoms with E-state index in [0.29, 0.717) is 44.0 Å². The smallest absolute Gasteiger partial charge is 0.328 e. The molecule has 4 bridgehead atoms. The lowest BCUT2D eigenvalue weighted by Crippen LogP contribution is -2.35. The van der Waals surface area contributed by atoms with Crippen molar-refractivity contribution in [2.75, 3.05) is 55.8 Å². The Bertz CT molecular complexity index is 6050. The molecule has 0 fully saturated rings. The number of aliphatic hydroxyl groups excluding tert-OH is 23. The number of aromatic nitrogens is 1. The summed E-state index contributed by atoms with van der Waals surface area (Å²) in [6.07, 6.45) is -1.82. The second-order valence-electron chi connectivity index (χ2n) is 36.0. The summed E-state index contributed by atoms with van der Waals surface area (Å²) in [5, 5.41) is 306. The molecule has 18 atom stereocenters. The summed E-state index contributed by atoms with van der Waals surface area (Å²) in [7, 11) is 3.02. The first-order valence-corrected chi connectivity index (χ1v) is 52.6. The zero-order valence-electron chi connectivity index (χ0n) is 83.7. The highest BCUT2D eigenvalue weighted by Crippen LogP contribution is 2.31. The van der Waals surface area contributed by atoms with E-state index in [4.69, 9.17) is 5.41 Å². The van der Waals surface area contributed by atoms with Gasteiger partial charge < -0.3 is 133 Å². The van der Waals surface area contributed by atoms with Crippen molar-refractivity contribution in [3.05, 3.63) is 138 Å². The molecule has 53 heteroatoms. The molecule has 0 saturated heterocycles. The Morgan fingerprint density at radius 1 is 0.400 bits per heavy atom. The normalized spacial score (nSPS) is 25.1. The number of carboxylic acid groups (broad SMARTS) is 1. The molecule has 1 aromatic heterocycles. The van der Waals surface area contributed by atoms with Crippen LogP contribution in [0.15, 0.2) is 220 Å². The number of aliphatic carboxylic acids is 1. The number of rotatable bonds is 22. The van der Waals surface area contributed by atoms with Crippen LogP contribution in [0, 0.1) is 29.1 Å². The largest absolute Gasteiger partial charge is 0.508 e. The minimum absolute atomic E-state index is 0.128. The van der Waals surface area contributed by atoms with E-state index in [1.165, 1.54) is 38.1 Å². The molecule has 0 aliphatic carbocycles. The number of aliphatic imine (C=N–C) groups is 21. The fraction of sp³-hybridized carbons (Fsp3) is 0.495. The molecule has 27 N–H and O–H groups in total. The Balaban J connectivity index is 1.47. The van der Waals surface area contributed by atoms with Crippen molar-refractivity contribution >= 4 is 190 Å². The second-order valence-corrected chi connectivity index (χ2v) is 41.1. The summed E-state index contributed by atoms with van der Waals surface area (Å²) in [4.78, 5) is 106. The summed E-state index contributed by atoms with van der Waals surface area (Å²) in [5.41, 5.74) is 2.39. The van der Waals surface area contributed by atoms with Crippen LogP contribution in [-0.4, -0.2) is 427 Å². The fourth-order valence-corrected chi connectivity index (χ4v) is 18.9. The van der Waals surface area contributed by atoms with Crippen LogP contribution in [0.3, 0.4) is 0 Å². The van der Waals surface area contributed by atoms with Gasteiger partial charge in [-0.2, -0.15) is 0 Å². The van der Waals surface area contributed by atoms with Gasteiger partial charge in [0.05, 0.1) is 19.4 Å². The third-order valence-electron chi connectivity index (χ3n) is 22.8. The number of aliphatic hydroxyl groups is 23. The van der Waals surface area contributed by atoms with E-state index in [2.05, 4.69) is 110 Å². The highest BCUT2D eigenvalue weighted by Gasteiger charge is 2.36. The van der Waals surface area contributed by atoms with Gasteiger partial charge in [-0.15, -0.1) is 0 Å². The molecule has 3 aliphatic heterocycles. The monoisotopic (exact) mass is 2160 g/mol. The Morgan fingerprint density at radius 2 is 0.847 bits per heavy atom. The van der Waals surface area contributed by atoms with Gasteiger partial charge in [0.25, 0.3) is 0 Å². The van der Waals surface area contributed by atoms with E-state index < -0.39 is 331 Å². The SMILES string of the molecule is CCC(C)C1N=C(O)CN=C(O)C(CC(C)C)N=C(O)C2CSSCC3N=C(O)CN=C(O)C(C)N=C(O)C(Cc4ccccc4)N=C(O)C(CC(O)=N2)N=C(O)C(CC(=N)O)N=C(O)C(CSSCC(C(O)=NC(Cc2ccccc2)C(O)=NC(Cc2c[nH]c4ccccc24)C(=O)O)N=C(O)C(C(C)C)N=C(O)C(C(C)C)N=C(O)C(C)N=C(O)C(Cc2ccc(O)cc2)N=C(O)CN=C3O)N=C(O)C(CO)N=C(O)CN=C1O. The third kappa shape index (κ3) is 38.8. The van der Waals surface area contributed by atoms with Gasteiger partial charge in [-0.1, -0.05) is 196 Å². The van der Waals surface area contributed by atoms with Crippen molar-refractivity contribution in [3.63, 3.8) is 0 Å². The third-order valence-corrected chi connectivity index (χ3v) is 27.6. The molecule has 4 heterocycles. The van der Waals surface area contributed by atoms with E-state index in [-0.39, 0.29) is 44.3 Å². The van der Waals surface area contributed by atoms with Crippen LogP contribution < -0.4 is 0 Å². The van der Waals surface area contributed by atoms with Gasteiger partial charge in [0, 0.05) is 65.8 Å². The molecule has 5 aromatic rings. The van der Waals surface area contributed by atoms with Crippen LogP contribution in [0.25, 0.3) is 10.9 Å². The average molecular weight is 2160 g/mol. The number of phenolic OH excluding ortho intramolecular Hbond substituents is 1. The number of carboxylic acids is 1. The Kier molecular flexibility index (Phi) is 47.9. The van der Waals surface area contributed by atoms with Gasteiger partial charge in [-0.25, -0.2) is 110 Å². The summed E-state index contributed by atoms with van der Waals surface area (Å²) in [6.45, 7) is 10.7. The highest BCUT2D eigenvalue weighted by atomic mass is 33.1. The number of aromatic amines is 1. The lowest BCUT2D eigenvalue weighted by molar-refractivity contribution is -0.138. The minimum Gasteiger partial charge on any atom is -0.508 e. The molecule has 3 aliphatic rings. The molecule has 18 unspecified atom stereocenters. The first-order valence-electron chi connectivity index (χ1n) is 47.6. The first-order chi connectivity index (χ1) is 71.2. The molecule has 150 heavy (non-hydrogen) atoms. The van der Waals surface area contributed by atoms with Crippen molar-refractivity contribution in [1.29, 1.82) is 5.41 Å². The number of carbonyl (C=O) groups is 1. The predicted molar refractivity (Wildman–Crippen MR) is 593 cm³/mol. The van der Waals surface area contributed by atoms with Crippen LogP contribution >= 0.6 is 43.2 Å². The molecule has 0 spiro atoms. The van der Waals surface area contributed by atoms with Crippen molar-refractivity contribution in [2.24, 2.45) is 129 Å². The molecule has 814 valence electrons. The fourth-order valence-electron chi connectivity index (χ4n) is 14.4. The standard InChI is InChI=1S/C97H131N23O26S4/c1-11-50(8)80-94(142)103-40-75(126)107-67(42-121)90(138)116-70-45-149-150-46-71(93(141)112-63(32-54-22-16-13-17-23-54)87(135)115-66(97(145)146)34-56-37-99-59-25-19-18-24-58(56)59)117-95(143)78(48(4)5)120-96(144)79(49(6)7)119-82(130)52(10)105-85(133)61(33-55-26-28-57(122)29-27-55)106-74(125)39-102-84(132)68-43-147-148-44-69(91(139)110-60(30-47(2)3)83(131)101-41-77(128)118-80)108-73(124)36-65(114-88(136)64(35-72(98)123)113-92(70)140)89(137)111-62(31-53-20-14-12-15-21-53)86(134)104-51(9)81(129)100-38-76(127)109-68/h12-29,37,47-52,60-71,78-80,99,121-122H,11,30-36,38-46H2,1-10H3,(H2,98,123)(H,100,129)(H,101,131)(H,102,132)(H,103,142)(H,104,134)(H,105,133)(H,106,125)(H,107,126)(H,108,124)(H,109,127)(H,110,139)(H,111,137)(H,112,141)(H,113,140)(H,114,136)(H,115,135)(H,116,138)(H,117,143)(H,118,128)(H,119,130)(H,120,144)(H,145,146). The average Bonchev–Trinajstić information content (AvgIpc) is 1.65. The van der Waals surface area contributed by atoms with E-state index in [1.54, 1.807) is 147 Å². The van der Waals surface area contributed by atoms with Crippen molar-refractivity contribution in [1.82, 2.24) is 4.98 Å². The van der Waals surface area contributed by atoms with Gasteiger partial charge in [-0.3, -0.25) is 5.41 Å². The van der Waals surface area contributed by atoms with Gasteiger partial charge in [-0.05, 0) is 84.4 Å². The summed E-state index contributed by atoms with van der Waals surface area (Å²) >= 11 is 0. The molecule has 0 amide bonds. The highest BCUT2D eigenvalue weighted by molar-refractivity contribution is 8.77. The van der Waals surface area contributed by atoms with Gasteiger partial charge in [0.15, 0.2) is 23.9 Å². The van der Waals surface area contributed by atoms with E-state index in [0.717, 1.165) is 32.4 Å². The number of benzene rings is 4. The van der Waals surface area contributed by atoms with E-state index >= 15 is 0 Å². The quantitative estimate of drug-likeness (QED) is 0.0174. The predicted octanol–water partition coefficient (Wildman–Crippen LogP) is 13.1. The molecular formula is C97H131N23O26S4. The molecule has 8 rings (SSSR count). The maximum atomic E-state index is 13.2. The van der Waals surface area contributed by atoms with E-state index in [1.807, 2.05) is 0 Å². The number of phenols is 1. The van der Waals surface area contributed by atoms with Gasteiger partial charge in [0.1, 0.15) is 123 Å². The number of H-pyrrole nitrogens is 1. The zero-order chi connectivity index (χ0) is 110. The van der Waals surface area contributed by atoms with Crippen LogP contribution in [0.5, 0.6) is 5.75 Å². The topological polar surface area (TPSA) is 822 Å². The van der Waals surface area contributed by atoms with Crippen molar-refractivity contribution < 1.29 is 132 Å². The Labute approximate surface area is 878 Å². The zero-order valence-corrected chi connectivity index (χ0v) is 87.0. The molecular weight excluding hydrogens is 2030 g/mol. The Morgan fingerprint density at radius 3 is 1.41 bits per heavy atom. The van der Waals surface area contributed by atoms with Crippen LogP contribution in [-0.2, 0) is 30.5 Å². The lowest BCUT2D eigenvalue weighted by Gasteiger charge is -2.22. The van der Waals surface area contributed by atoms with Crippen LogP contribution in [0.1, 0.15) is 117 Å². The number of hydrogen-bond acceptors (Lipinski definition) is 29. The summed E-state index contributed by atoms with van der Waals surface area (Å²) in [5.74, 6) is -28.5. The number of nitrogens with one attached hydrogen (secondary N) is 2. The summed E-state index contributed by atoms with van der Waals surface area (Å²) < 4.78 is 0. The number of fused-ring (bicyclic) bond motifs is 8. The van der Waals surface area contributed by atoms with Crippen molar-refractivity contribution in [3.8, 4) is 5.75 Å². The van der Waals surface area contributed by atoms with E-state index in [9.17, 15) is 132 Å². The number of aromatic hydroxyl groups is 1. The first kappa shape index (κ1) is 121. The second kappa shape index (κ2) is 59.5. The molecule has 4 aromatic carbocycles. The number of nitrogens with zero attached hydrogens (tertiary/aromatic N) is 21. The van der Waals surface area contributed by atoms with Gasteiger partial charge >= 0.3 is 5.97 Å². The maximum Gasteiger partial charge on any atom is 0.328 e. The number of hydrogen-bond donors (Lipinski definition) is 27. The van der Waals surface area contributed by atoms with Crippen LogP contribution in [0.2, 0.25) is 0 Å². The van der Waals surface area contributed by atoms with Crippen LogP contribution in [0.4, 0.5) is 0 Å². The Hall–Kier alpha value is -14.6. The van der Waals surface area contributed by atoms with Crippen molar-refractivity contribution in [2.45, 2.75) is 223 Å². The molecule has 0 radical (unpaired) electrons.